The normalized spacial score (nSPS) is 13.2. The van der Waals surface area contributed by atoms with Crippen LogP contribution >= 0.6 is 0 Å². The maximum Gasteiger partial charge on any atom is 2.00 e. The first-order chi connectivity index (χ1) is 4.46. The molecule has 0 aromatic carbocycles. The first-order valence-corrected chi connectivity index (χ1v) is 2.24. The van der Waals surface area contributed by atoms with E-state index in [1.165, 1.54) is 0 Å². The Hall–Kier alpha value is 0.659. The fourth-order valence-corrected chi connectivity index (χ4v) is 0.258. The van der Waals surface area contributed by atoms with E-state index in [-0.39, 0.29) is 53.5 Å². The molecule has 2 radical (unpaired) electrons. The molecule has 0 rings (SSSR count). The van der Waals surface area contributed by atoms with Crippen molar-refractivity contribution in [2.75, 3.05) is 0 Å². The van der Waals surface area contributed by atoms with Crippen LogP contribution in [-0.2, 0) is 9.59 Å². The Bertz CT molecular complexity index is 144. The number of hydrogen-bond donors (Lipinski definition) is 2. The summed E-state index contributed by atoms with van der Waals surface area (Å²) in [5.41, 5.74) is 0. The summed E-state index contributed by atoms with van der Waals surface area (Å²) in [6.07, 6.45) is -4.88. The van der Waals surface area contributed by atoms with Crippen LogP contribution in [0, 0.1) is 0 Å². The molecule has 0 spiro atoms. The number of carbonyl (C=O) groups excluding carboxylic acids is 2. The van der Waals surface area contributed by atoms with E-state index in [0.717, 1.165) is 0 Å². The van der Waals surface area contributed by atoms with Crippen LogP contribution in [0.15, 0.2) is 0 Å². The fourth-order valence-electron chi connectivity index (χ4n) is 0.258. The average molecular weight is 290 g/mol. The second kappa shape index (κ2) is 8.27. The van der Waals surface area contributed by atoms with E-state index >= 15 is 0 Å². The molecule has 0 aromatic rings. The Balaban J connectivity index is -0.000000405. The third-order valence-corrected chi connectivity index (χ3v) is 0.782. The van der Waals surface area contributed by atoms with Gasteiger partial charge < -0.3 is 30.0 Å². The molecule has 2 atom stereocenters. The summed E-state index contributed by atoms with van der Waals surface area (Å²) >= 11 is 0. The van der Waals surface area contributed by atoms with Crippen molar-refractivity contribution in [3.8, 4) is 0 Å². The van der Waals surface area contributed by atoms with Crippen LogP contribution in [0.1, 0.15) is 0 Å². The van der Waals surface area contributed by atoms with Gasteiger partial charge in [-0.05, 0) is 0 Å². The molecule has 8 heteroatoms. The van der Waals surface area contributed by atoms with Crippen molar-refractivity contribution >= 4 is 35.8 Å². The second-order valence-corrected chi connectivity index (χ2v) is 1.53. The zero-order valence-electron chi connectivity index (χ0n) is 6.18. The third-order valence-electron chi connectivity index (χ3n) is 0.782. The molecule has 0 amide bonds. The minimum atomic E-state index is -2.44. The number of rotatable bonds is 3. The average Bonchev–Trinajstić information content (AvgIpc) is 1.84. The monoisotopic (exact) mass is 291 g/mol. The Morgan fingerprint density at radius 1 is 1.00 bits per heavy atom. The number of carbonyl (C=O) groups is 2. The van der Waals surface area contributed by atoms with Crippen LogP contribution in [0.3, 0.4) is 0 Å². The summed E-state index contributed by atoms with van der Waals surface area (Å²) in [4.78, 5) is 19.3. The Labute approximate surface area is 107 Å². The van der Waals surface area contributed by atoms with Crippen molar-refractivity contribution in [2.24, 2.45) is 0 Å². The van der Waals surface area contributed by atoms with Gasteiger partial charge in [-0.25, -0.2) is 0 Å². The van der Waals surface area contributed by atoms with Gasteiger partial charge in [-0.1, -0.05) is 0 Å². The zero-order chi connectivity index (χ0) is 8.31. The van der Waals surface area contributed by atoms with Gasteiger partial charge in [0.25, 0.3) is 0 Å². The summed E-state index contributed by atoms with van der Waals surface area (Å²) in [5.74, 6) is -4.12. The quantitative estimate of drug-likeness (QED) is 0.498. The SMILES string of the molecule is O=C([O-])C(O)C(O)C(=O)[O-].[Na+].[Sn+2]. The van der Waals surface area contributed by atoms with Gasteiger partial charge >= 0.3 is 53.5 Å². The van der Waals surface area contributed by atoms with Gasteiger partial charge in [-0.3, -0.25) is 0 Å². The number of carboxylic acids is 2. The molecule has 0 aliphatic rings. The van der Waals surface area contributed by atoms with Gasteiger partial charge in [-0.15, -0.1) is 0 Å². The number of aliphatic hydroxyl groups is 2. The number of aliphatic carboxylic acids is 2. The van der Waals surface area contributed by atoms with Crippen molar-refractivity contribution in [2.45, 2.75) is 12.2 Å². The molecule has 0 bridgehead atoms. The van der Waals surface area contributed by atoms with Gasteiger partial charge in [-0.2, -0.15) is 0 Å². The van der Waals surface area contributed by atoms with Crippen molar-refractivity contribution in [1.82, 2.24) is 0 Å². The van der Waals surface area contributed by atoms with E-state index in [9.17, 15) is 19.8 Å². The molecule has 0 saturated heterocycles. The van der Waals surface area contributed by atoms with E-state index in [4.69, 9.17) is 10.2 Å². The van der Waals surface area contributed by atoms with Crippen molar-refractivity contribution in [3.05, 3.63) is 0 Å². The van der Waals surface area contributed by atoms with Gasteiger partial charge in [0.05, 0.1) is 11.9 Å². The molecule has 12 heavy (non-hydrogen) atoms. The van der Waals surface area contributed by atoms with E-state index in [0.29, 0.717) is 0 Å². The molecule has 0 aliphatic carbocycles. The molecule has 0 fully saturated rings. The Morgan fingerprint density at radius 3 is 1.25 bits per heavy atom. The van der Waals surface area contributed by atoms with E-state index < -0.39 is 24.1 Å². The molecule has 6 nitrogen and oxygen atoms in total. The smallest absolute Gasteiger partial charge is 0.547 e. The molecule has 0 aromatic heterocycles. The van der Waals surface area contributed by atoms with Crippen LogP contribution < -0.4 is 39.8 Å². The molecule has 2 unspecified atom stereocenters. The molecular weight excluding hydrogens is 286 g/mol. The van der Waals surface area contributed by atoms with Gasteiger partial charge in [0.1, 0.15) is 12.2 Å². The van der Waals surface area contributed by atoms with Gasteiger partial charge in [0.15, 0.2) is 0 Å². The molecule has 0 aliphatic heterocycles. The standard InChI is InChI=1S/C4H6O6.Na.Sn/c5-1(3(7)8)2(6)4(9)10;;/h1-2,5-6H,(H,7,8)(H,9,10);;/q;+1;+2/p-2. The zero-order valence-corrected chi connectivity index (χ0v) is 11.0. The van der Waals surface area contributed by atoms with E-state index in [1.807, 2.05) is 0 Å². The molecule has 2 N–H and O–H groups in total. The maximum absolute atomic E-state index is 9.63. The first-order valence-electron chi connectivity index (χ1n) is 2.24. The van der Waals surface area contributed by atoms with Crippen LogP contribution in [-0.4, -0.2) is 58.3 Å². The largest absolute Gasteiger partial charge is 2.00 e. The van der Waals surface area contributed by atoms with E-state index in [2.05, 4.69) is 0 Å². The Morgan fingerprint density at radius 2 is 1.17 bits per heavy atom. The summed E-state index contributed by atoms with van der Waals surface area (Å²) in [6, 6.07) is 0. The third kappa shape index (κ3) is 6.21. The summed E-state index contributed by atoms with van der Waals surface area (Å²) < 4.78 is 0. The fraction of sp³-hybridized carbons (Fsp3) is 0.500. The molecular formula is C4H4NaO6Sn+. The van der Waals surface area contributed by atoms with Gasteiger partial charge in [0, 0.05) is 0 Å². The molecule has 60 valence electrons. The van der Waals surface area contributed by atoms with Crippen molar-refractivity contribution in [1.29, 1.82) is 0 Å². The second-order valence-electron chi connectivity index (χ2n) is 1.53. The summed E-state index contributed by atoms with van der Waals surface area (Å²) in [6.45, 7) is 0. The summed E-state index contributed by atoms with van der Waals surface area (Å²) in [5, 5.41) is 35.7. The Kier molecular flexibility index (Phi) is 12.7. The van der Waals surface area contributed by atoms with Crippen molar-refractivity contribution < 1.29 is 59.6 Å². The number of hydrogen-bond acceptors (Lipinski definition) is 6. The minimum absolute atomic E-state index is 0. The maximum atomic E-state index is 9.63. The van der Waals surface area contributed by atoms with Crippen LogP contribution in [0.2, 0.25) is 0 Å². The predicted octanol–water partition coefficient (Wildman–Crippen LogP) is -8.17. The van der Waals surface area contributed by atoms with Crippen LogP contribution in [0.25, 0.3) is 0 Å². The minimum Gasteiger partial charge on any atom is -0.547 e. The van der Waals surface area contributed by atoms with Crippen LogP contribution in [0.4, 0.5) is 0 Å². The van der Waals surface area contributed by atoms with Gasteiger partial charge in [0.2, 0.25) is 0 Å². The molecule has 0 saturated carbocycles. The number of carboxylic acid groups (broad SMARTS) is 2. The van der Waals surface area contributed by atoms with E-state index in [1.54, 1.807) is 0 Å². The first kappa shape index (κ1) is 18.4. The van der Waals surface area contributed by atoms with Crippen molar-refractivity contribution in [3.63, 3.8) is 0 Å². The molecule has 0 heterocycles. The predicted molar refractivity (Wildman–Crippen MR) is 27.8 cm³/mol. The van der Waals surface area contributed by atoms with Crippen LogP contribution in [0.5, 0.6) is 0 Å². The topological polar surface area (TPSA) is 121 Å². The number of aliphatic hydroxyl groups excluding tert-OH is 2. The summed E-state index contributed by atoms with van der Waals surface area (Å²) in [7, 11) is 0.